The van der Waals surface area contributed by atoms with Gasteiger partial charge in [-0.1, -0.05) is 20.8 Å². The third-order valence-electron chi connectivity index (χ3n) is 7.09. The molecule has 5 rings (SSSR count). The predicted octanol–water partition coefficient (Wildman–Crippen LogP) is 5.11. The van der Waals surface area contributed by atoms with Gasteiger partial charge >= 0.3 is 0 Å². The molecule has 4 heterocycles. The van der Waals surface area contributed by atoms with Crippen LogP contribution in [0.1, 0.15) is 49.2 Å². The molecule has 0 unspecified atom stereocenters. The Morgan fingerprint density at radius 3 is 2.67 bits per heavy atom. The van der Waals surface area contributed by atoms with Crippen molar-refractivity contribution in [2.45, 2.75) is 47.0 Å². The van der Waals surface area contributed by atoms with Crippen molar-refractivity contribution in [3.63, 3.8) is 0 Å². The van der Waals surface area contributed by atoms with E-state index in [-0.39, 0.29) is 5.91 Å². The molecule has 174 valence electrons. The van der Waals surface area contributed by atoms with Crippen LogP contribution in [0.15, 0.2) is 29.0 Å². The number of amides is 1. The Morgan fingerprint density at radius 1 is 1.18 bits per heavy atom. The van der Waals surface area contributed by atoms with Gasteiger partial charge in [0, 0.05) is 37.1 Å². The zero-order chi connectivity index (χ0) is 23.2. The second-order valence-corrected chi connectivity index (χ2v) is 11.4. The highest BCUT2D eigenvalue weighted by Crippen LogP contribution is 2.44. The van der Waals surface area contributed by atoms with Gasteiger partial charge in [0.25, 0.3) is 0 Å². The first-order valence-electron chi connectivity index (χ1n) is 11.8. The van der Waals surface area contributed by atoms with Crippen LogP contribution in [-0.4, -0.2) is 47.0 Å². The Kier molecular flexibility index (Phi) is 5.77. The number of furan rings is 1. The van der Waals surface area contributed by atoms with Gasteiger partial charge in [-0.05, 0) is 61.3 Å². The van der Waals surface area contributed by atoms with Crippen molar-refractivity contribution in [2.75, 3.05) is 31.1 Å². The standard InChI is InChI=1S/C26H32N4O2S/c1-17-5-7-19(32-17)8-10-22(31)29-11-13-30(14-12-29)24-23-20-9-6-18(26(2,3)4)15-21(20)33-25(23)28-16-27-24/h5,7-8,10,16,18H,6,9,11-15H2,1-4H3/b10-8+/t18-/m1/s1. The third kappa shape index (κ3) is 4.43. The van der Waals surface area contributed by atoms with Gasteiger partial charge in [0.15, 0.2) is 0 Å². The first-order valence-corrected chi connectivity index (χ1v) is 12.6. The molecule has 1 aliphatic heterocycles. The Labute approximate surface area is 199 Å². The van der Waals surface area contributed by atoms with E-state index >= 15 is 0 Å². The number of carbonyl (C=O) groups excluding carboxylic acids is 1. The molecule has 33 heavy (non-hydrogen) atoms. The van der Waals surface area contributed by atoms with Gasteiger partial charge in [-0.3, -0.25) is 4.79 Å². The number of thiophene rings is 1. The van der Waals surface area contributed by atoms with E-state index in [0.29, 0.717) is 30.2 Å². The number of nitrogens with zero attached hydrogens (tertiary/aromatic N) is 4. The van der Waals surface area contributed by atoms with Crippen LogP contribution in [0, 0.1) is 18.3 Å². The molecule has 0 aromatic carbocycles. The SMILES string of the molecule is Cc1ccc(/C=C/C(=O)N2CCN(c3ncnc4sc5c(c34)CC[C@@H](C(C)(C)C)C5)CC2)o1. The molecule has 1 atom stereocenters. The van der Waals surface area contributed by atoms with Crippen molar-refractivity contribution in [2.24, 2.45) is 11.3 Å². The minimum Gasteiger partial charge on any atom is -0.462 e. The number of carbonyl (C=O) groups is 1. The number of piperazine rings is 1. The van der Waals surface area contributed by atoms with E-state index in [4.69, 9.17) is 9.40 Å². The molecule has 0 bridgehead atoms. The molecule has 1 saturated heterocycles. The summed E-state index contributed by atoms with van der Waals surface area (Å²) >= 11 is 1.85. The Morgan fingerprint density at radius 2 is 1.97 bits per heavy atom. The average molecular weight is 465 g/mol. The van der Waals surface area contributed by atoms with Crippen LogP contribution in [0.3, 0.4) is 0 Å². The summed E-state index contributed by atoms with van der Waals surface area (Å²) in [7, 11) is 0. The molecule has 0 spiro atoms. The molecule has 0 saturated carbocycles. The molecule has 1 fully saturated rings. The summed E-state index contributed by atoms with van der Waals surface area (Å²) in [6, 6.07) is 3.78. The van der Waals surface area contributed by atoms with E-state index < -0.39 is 0 Å². The summed E-state index contributed by atoms with van der Waals surface area (Å²) in [4.78, 5) is 28.8. The molecule has 0 N–H and O–H groups in total. The maximum Gasteiger partial charge on any atom is 0.246 e. The topological polar surface area (TPSA) is 62.5 Å². The van der Waals surface area contributed by atoms with Gasteiger partial charge in [-0.2, -0.15) is 0 Å². The fraction of sp³-hybridized carbons (Fsp3) is 0.500. The number of rotatable bonds is 3. The highest BCUT2D eigenvalue weighted by Gasteiger charge is 2.32. The van der Waals surface area contributed by atoms with E-state index in [1.54, 1.807) is 18.5 Å². The van der Waals surface area contributed by atoms with E-state index in [2.05, 4.69) is 30.7 Å². The van der Waals surface area contributed by atoms with Crippen molar-refractivity contribution in [3.8, 4) is 0 Å². The van der Waals surface area contributed by atoms with Gasteiger partial charge in [-0.25, -0.2) is 9.97 Å². The number of aryl methyl sites for hydroxylation is 2. The number of aromatic nitrogens is 2. The zero-order valence-corrected chi connectivity index (χ0v) is 20.7. The number of hydrogen-bond acceptors (Lipinski definition) is 6. The van der Waals surface area contributed by atoms with Crippen LogP contribution in [0.2, 0.25) is 0 Å². The normalized spacial score (nSPS) is 19.5. The lowest BCUT2D eigenvalue weighted by atomic mass is 9.72. The lowest BCUT2D eigenvalue weighted by Crippen LogP contribution is -2.48. The minimum atomic E-state index is 0.0256. The maximum absolute atomic E-state index is 12.7. The Hall–Kier alpha value is -2.67. The van der Waals surface area contributed by atoms with E-state index in [9.17, 15) is 4.79 Å². The highest BCUT2D eigenvalue weighted by molar-refractivity contribution is 7.19. The monoisotopic (exact) mass is 464 g/mol. The van der Waals surface area contributed by atoms with E-state index in [1.165, 1.54) is 22.2 Å². The first-order chi connectivity index (χ1) is 15.8. The minimum absolute atomic E-state index is 0.0256. The van der Waals surface area contributed by atoms with Gasteiger partial charge in [-0.15, -0.1) is 11.3 Å². The second kappa shape index (κ2) is 8.60. The third-order valence-corrected chi connectivity index (χ3v) is 8.25. The van der Waals surface area contributed by atoms with Crippen molar-refractivity contribution < 1.29 is 9.21 Å². The lowest BCUT2D eigenvalue weighted by Gasteiger charge is -2.36. The Balaban J connectivity index is 1.30. The molecule has 7 heteroatoms. The fourth-order valence-corrected chi connectivity index (χ4v) is 6.27. The molecule has 1 aliphatic carbocycles. The first kappa shape index (κ1) is 22.1. The number of fused-ring (bicyclic) bond motifs is 3. The molecule has 1 amide bonds. The van der Waals surface area contributed by atoms with Crippen molar-refractivity contribution in [1.82, 2.24) is 14.9 Å². The fourth-order valence-electron chi connectivity index (χ4n) is 5.01. The highest BCUT2D eigenvalue weighted by atomic mass is 32.1. The molecule has 2 aliphatic rings. The summed E-state index contributed by atoms with van der Waals surface area (Å²) in [6.45, 7) is 11.9. The summed E-state index contributed by atoms with van der Waals surface area (Å²) < 4.78 is 5.52. The van der Waals surface area contributed by atoms with Crippen molar-refractivity contribution in [1.29, 1.82) is 0 Å². The summed E-state index contributed by atoms with van der Waals surface area (Å²) in [5, 5.41) is 1.25. The van der Waals surface area contributed by atoms with Crippen LogP contribution in [0.25, 0.3) is 16.3 Å². The molecule has 0 radical (unpaired) electrons. The lowest BCUT2D eigenvalue weighted by molar-refractivity contribution is -0.126. The largest absolute Gasteiger partial charge is 0.462 e. The van der Waals surface area contributed by atoms with Gasteiger partial charge in [0.1, 0.15) is 28.5 Å². The van der Waals surface area contributed by atoms with E-state index in [1.807, 2.05) is 35.3 Å². The summed E-state index contributed by atoms with van der Waals surface area (Å²) in [5.41, 5.74) is 1.79. The molecular weight excluding hydrogens is 432 g/mol. The maximum atomic E-state index is 12.7. The zero-order valence-electron chi connectivity index (χ0n) is 19.9. The molecular formula is C26H32N4O2S. The van der Waals surface area contributed by atoms with Gasteiger partial charge in [0.05, 0.1) is 5.39 Å². The van der Waals surface area contributed by atoms with Gasteiger partial charge in [0.2, 0.25) is 5.91 Å². The smallest absolute Gasteiger partial charge is 0.246 e. The van der Waals surface area contributed by atoms with Crippen LogP contribution in [0.4, 0.5) is 5.82 Å². The molecule has 3 aromatic rings. The molecule has 6 nitrogen and oxygen atoms in total. The van der Waals surface area contributed by atoms with Crippen LogP contribution in [0.5, 0.6) is 0 Å². The summed E-state index contributed by atoms with van der Waals surface area (Å²) in [6.07, 6.45) is 8.53. The number of anilines is 1. The summed E-state index contributed by atoms with van der Waals surface area (Å²) in [5.74, 6) is 3.33. The van der Waals surface area contributed by atoms with Crippen LogP contribution < -0.4 is 4.90 Å². The molecule has 3 aromatic heterocycles. The Bertz CT molecular complexity index is 1190. The predicted molar refractivity (Wildman–Crippen MR) is 134 cm³/mol. The van der Waals surface area contributed by atoms with Crippen molar-refractivity contribution in [3.05, 3.63) is 46.5 Å². The van der Waals surface area contributed by atoms with E-state index in [0.717, 1.165) is 42.3 Å². The van der Waals surface area contributed by atoms with Crippen LogP contribution >= 0.6 is 11.3 Å². The second-order valence-electron chi connectivity index (χ2n) is 10.3. The quantitative estimate of drug-likeness (QED) is 0.504. The number of hydrogen-bond donors (Lipinski definition) is 0. The van der Waals surface area contributed by atoms with Crippen LogP contribution in [-0.2, 0) is 17.6 Å². The van der Waals surface area contributed by atoms with Gasteiger partial charge < -0.3 is 14.2 Å². The average Bonchev–Trinajstić information content (AvgIpc) is 3.39. The van der Waals surface area contributed by atoms with Crippen molar-refractivity contribution >= 4 is 39.4 Å².